The lowest BCUT2D eigenvalue weighted by Gasteiger charge is -2.31. The monoisotopic (exact) mass is 536 g/mol. The molecule has 0 fully saturated rings. The summed E-state index contributed by atoms with van der Waals surface area (Å²) in [5, 5.41) is 15.0. The minimum Gasteiger partial charge on any atom is -0.403 e. The van der Waals surface area contributed by atoms with Crippen LogP contribution < -0.4 is 11.1 Å². The lowest BCUT2D eigenvalue weighted by molar-refractivity contribution is 0.0967. The highest BCUT2D eigenvalue weighted by molar-refractivity contribution is 6.34. The zero-order valence-corrected chi connectivity index (χ0v) is 21.6. The summed E-state index contributed by atoms with van der Waals surface area (Å²) >= 11 is 6.49. The van der Waals surface area contributed by atoms with Crippen LogP contribution >= 0.6 is 11.6 Å². The number of aryl methyl sites for hydroxylation is 1. The SMILES string of the molecule is CCN=CC(=CN)NC(=O)c1cn2c(CC)c(C(O)(c3ccccc3F)c3ccccc3F)cc2cc1Cl. The number of hydrogen-bond donors (Lipinski definition) is 3. The normalized spacial score (nSPS) is 12.4. The van der Waals surface area contributed by atoms with Crippen LogP contribution in [0.2, 0.25) is 5.02 Å². The molecule has 0 radical (unpaired) electrons. The van der Waals surface area contributed by atoms with Crippen molar-refractivity contribution in [3.8, 4) is 0 Å². The molecule has 38 heavy (non-hydrogen) atoms. The number of aliphatic hydroxyl groups is 1. The van der Waals surface area contributed by atoms with Crippen LogP contribution in [0.4, 0.5) is 8.78 Å². The molecule has 0 atom stereocenters. The van der Waals surface area contributed by atoms with E-state index in [9.17, 15) is 9.90 Å². The van der Waals surface area contributed by atoms with E-state index in [1.807, 2.05) is 13.8 Å². The quantitative estimate of drug-likeness (QED) is 0.265. The molecule has 4 aromatic rings. The lowest BCUT2D eigenvalue weighted by Crippen LogP contribution is -2.32. The van der Waals surface area contributed by atoms with Gasteiger partial charge in [-0.1, -0.05) is 54.9 Å². The van der Waals surface area contributed by atoms with Gasteiger partial charge >= 0.3 is 0 Å². The molecule has 1 amide bonds. The number of nitrogens with zero attached hydrogens (tertiary/aromatic N) is 2. The molecule has 2 heterocycles. The highest BCUT2D eigenvalue weighted by Crippen LogP contribution is 2.42. The number of amides is 1. The van der Waals surface area contributed by atoms with Gasteiger partial charge in [-0.15, -0.1) is 0 Å². The number of fused-ring (bicyclic) bond motifs is 1. The molecule has 0 aliphatic heterocycles. The fourth-order valence-corrected chi connectivity index (χ4v) is 4.79. The van der Waals surface area contributed by atoms with Crippen molar-refractivity contribution in [2.45, 2.75) is 25.9 Å². The van der Waals surface area contributed by atoms with Gasteiger partial charge in [-0.3, -0.25) is 9.79 Å². The molecule has 0 spiro atoms. The first-order valence-corrected chi connectivity index (χ1v) is 12.4. The molecule has 0 aliphatic carbocycles. The molecule has 0 saturated heterocycles. The van der Waals surface area contributed by atoms with Gasteiger partial charge in [0.1, 0.15) is 17.2 Å². The number of allylic oxidation sites excluding steroid dienone is 1. The number of rotatable bonds is 8. The van der Waals surface area contributed by atoms with E-state index in [0.717, 1.165) is 0 Å². The Morgan fingerprint density at radius 3 is 2.21 bits per heavy atom. The second kappa shape index (κ2) is 11.2. The Morgan fingerprint density at radius 2 is 1.68 bits per heavy atom. The Hall–Kier alpha value is -4.01. The summed E-state index contributed by atoms with van der Waals surface area (Å²) < 4.78 is 32.0. The molecule has 196 valence electrons. The number of pyridine rings is 1. The first kappa shape index (κ1) is 27.0. The van der Waals surface area contributed by atoms with Gasteiger partial charge in [0.25, 0.3) is 5.91 Å². The highest BCUT2D eigenvalue weighted by Gasteiger charge is 2.41. The van der Waals surface area contributed by atoms with Crippen LogP contribution in [0.25, 0.3) is 5.52 Å². The Bertz CT molecular complexity index is 1520. The van der Waals surface area contributed by atoms with Gasteiger partial charge in [-0.25, -0.2) is 8.78 Å². The Balaban J connectivity index is 1.95. The number of nitrogens with one attached hydrogen (secondary N) is 1. The van der Waals surface area contributed by atoms with E-state index in [2.05, 4.69) is 10.3 Å². The highest BCUT2D eigenvalue weighted by atomic mass is 35.5. The summed E-state index contributed by atoms with van der Waals surface area (Å²) in [5.74, 6) is -1.90. The van der Waals surface area contributed by atoms with Gasteiger partial charge in [-0.2, -0.15) is 0 Å². The van der Waals surface area contributed by atoms with Gasteiger partial charge in [0.2, 0.25) is 0 Å². The molecule has 0 bridgehead atoms. The smallest absolute Gasteiger partial charge is 0.258 e. The number of aromatic nitrogens is 1. The summed E-state index contributed by atoms with van der Waals surface area (Å²) in [5.41, 5.74) is 5.00. The van der Waals surface area contributed by atoms with Crippen molar-refractivity contribution >= 4 is 29.2 Å². The molecule has 0 aliphatic rings. The largest absolute Gasteiger partial charge is 0.403 e. The molecule has 0 unspecified atom stereocenters. The van der Waals surface area contributed by atoms with Gasteiger partial charge in [0, 0.05) is 53.1 Å². The number of carbonyl (C=O) groups excluding carboxylic acids is 1. The van der Waals surface area contributed by atoms with Crippen LogP contribution in [0.15, 0.2) is 83.7 Å². The van der Waals surface area contributed by atoms with E-state index >= 15 is 8.78 Å². The third-order valence-electron chi connectivity index (χ3n) is 6.31. The molecular formula is C29H27ClF2N4O2. The molecule has 2 aromatic carbocycles. The minimum absolute atomic E-state index is 0.104. The second-order valence-electron chi connectivity index (χ2n) is 8.56. The maximum atomic E-state index is 15.2. The standard InChI is InChI=1S/C29H27ClF2N4O2/c1-3-27-23(29(38,21-9-5-7-11-25(21)31)22-10-6-8-12-26(22)32)13-19-14-24(30)20(17-36(19)27)28(37)35-18(15-33)16-34-4-2/h5-17,38H,3-4,33H2,1-2H3,(H,35,37). The van der Waals surface area contributed by atoms with Crippen molar-refractivity contribution in [2.24, 2.45) is 10.7 Å². The summed E-state index contributed by atoms with van der Waals surface area (Å²) in [6.45, 7) is 4.20. The van der Waals surface area contributed by atoms with Crippen molar-refractivity contribution in [2.75, 3.05) is 6.54 Å². The minimum atomic E-state index is -2.17. The zero-order valence-electron chi connectivity index (χ0n) is 20.9. The van der Waals surface area contributed by atoms with Gasteiger partial charge in [0.15, 0.2) is 0 Å². The topological polar surface area (TPSA) is 92.1 Å². The molecule has 2 aromatic heterocycles. The predicted octanol–water partition coefficient (Wildman–Crippen LogP) is 5.34. The van der Waals surface area contributed by atoms with Crippen LogP contribution in [-0.2, 0) is 12.0 Å². The van der Waals surface area contributed by atoms with Crippen LogP contribution in [0, 0.1) is 11.6 Å². The van der Waals surface area contributed by atoms with E-state index in [-0.39, 0.29) is 27.3 Å². The molecule has 4 N–H and O–H groups in total. The van der Waals surface area contributed by atoms with Crippen LogP contribution in [0.1, 0.15) is 46.6 Å². The molecule has 6 nitrogen and oxygen atoms in total. The first-order valence-electron chi connectivity index (χ1n) is 12.1. The molecular weight excluding hydrogens is 510 g/mol. The fraction of sp³-hybridized carbons (Fsp3) is 0.172. The van der Waals surface area contributed by atoms with E-state index in [0.29, 0.717) is 29.9 Å². The van der Waals surface area contributed by atoms with E-state index in [4.69, 9.17) is 17.3 Å². The number of halogens is 3. The second-order valence-corrected chi connectivity index (χ2v) is 8.97. The maximum Gasteiger partial charge on any atom is 0.258 e. The average molecular weight is 537 g/mol. The first-order chi connectivity index (χ1) is 18.3. The lowest BCUT2D eigenvalue weighted by atomic mass is 9.79. The number of nitrogens with two attached hydrogens (primary N) is 1. The third-order valence-corrected chi connectivity index (χ3v) is 6.62. The van der Waals surface area contributed by atoms with Crippen molar-refractivity contribution < 1.29 is 18.7 Å². The zero-order chi connectivity index (χ0) is 27.4. The van der Waals surface area contributed by atoms with Crippen molar-refractivity contribution in [1.82, 2.24) is 9.72 Å². The Morgan fingerprint density at radius 1 is 1.08 bits per heavy atom. The fourth-order valence-electron chi connectivity index (χ4n) is 4.54. The van der Waals surface area contributed by atoms with E-state index in [1.54, 1.807) is 28.7 Å². The van der Waals surface area contributed by atoms with Gasteiger partial charge < -0.3 is 20.6 Å². The number of carbonyl (C=O) groups is 1. The van der Waals surface area contributed by atoms with Gasteiger partial charge in [-0.05, 0) is 37.6 Å². The Labute approximate surface area is 224 Å². The Kier molecular flexibility index (Phi) is 7.94. The van der Waals surface area contributed by atoms with E-state index < -0.39 is 23.1 Å². The number of hydrogen-bond acceptors (Lipinski definition) is 4. The van der Waals surface area contributed by atoms with Crippen LogP contribution in [0.3, 0.4) is 0 Å². The molecule has 9 heteroatoms. The van der Waals surface area contributed by atoms with Crippen molar-refractivity contribution in [3.63, 3.8) is 0 Å². The maximum absolute atomic E-state index is 15.2. The third kappa shape index (κ3) is 4.80. The summed E-state index contributed by atoms with van der Waals surface area (Å²) in [6, 6.07) is 14.6. The number of aliphatic imine (C=N–C) groups is 1. The van der Waals surface area contributed by atoms with Crippen molar-refractivity contribution in [1.29, 1.82) is 0 Å². The van der Waals surface area contributed by atoms with Crippen molar-refractivity contribution in [3.05, 3.63) is 123 Å². The molecule has 4 rings (SSSR count). The number of benzene rings is 2. The predicted molar refractivity (Wildman–Crippen MR) is 145 cm³/mol. The van der Waals surface area contributed by atoms with Gasteiger partial charge in [0.05, 0.1) is 16.3 Å². The summed E-state index contributed by atoms with van der Waals surface area (Å²) in [7, 11) is 0. The summed E-state index contributed by atoms with van der Waals surface area (Å²) in [6.07, 6.45) is 4.56. The van der Waals surface area contributed by atoms with E-state index in [1.165, 1.54) is 55.0 Å². The van der Waals surface area contributed by atoms with Crippen LogP contribution in [0.5, 0.6) is 0 Å². The average Bonchev–Trinajstić information content (AvgIpc) is 3.28. The molecule has 0 saturated carbocycles. The summed E-state index contributed by atoms with van der Waals surface area (Å²) in [4.78, 5) is 17.1. The van der Waals surface area contributed by atoms with Crippen LogP contribution in [-0.4, -0.2) is 28.2 Å².